The van der Waals surface area contributed by atoms with E-state index in [0.717, 1.165) is 26.1 Å². The molecule has 2 heterocycles. The molecule has 3 heteroatoms. The number of benzene rings is 1. The van der Waals surface area contributed by atoms with Gasteiger partial charge in [0.15, 0.2) is 0 Å². The number of nitrogens with two attached hydrogens (primary N) is 1. The summed E-state index contributed by atoms with van der Waals surface area (Å²) < 4.78 is 0. The molecule has 0 radical (unpaired) electrons. The van der Waals surface area contributed by atoms with Gasteiger partial charge in [0.1, 0.15) is 0 Å². The van der Waals surface area contributed by atoms with Gasteiger partial charge in [-0.2, -0.15) is 0 Å². The van der Waals surface area contributed by atoms with Crippen molar-refractivity contribution in [1.82, 2.24) is 4.90 Å². The molecule has 2 N–H and O–H groups in total. The van der Waals surface area contributed by atoms with Gasteiger partial charge in [0, 0.05) is 35.4 Å². The van der Waals surface area contributed by atoms with Crippen LogP contribution in [0, 0.1) is 0 Å². The lowest BCUT2D eigenvalue weighted by Gasteiger charge is -2.13. The quantitative estimate of drug-likeness (QED) is 0.917. The number of nitrogens with zero attached hydrogens (tertiary/aromatic N) is 1. The third kappa shape index (κ3) is 2.64. The summed E-state index contributed by atoms with van der Waals surface area (Å²) in [6.07, 6.45) is 1.14. The Morgan fingerprint density at radius 3 is 2.72 bits per heavy atom. The molecule has 0 spiro atoms. The maximum atomic E-state index is 5.94. The Balaban J connectivity index is 1.70. The van der Waals surface area contributed by atoms with Crippen molar-refractivity contribution >= 4 is 11.3 Å². The van der Waals surface area contributed by atoms with Crippen LogP contribution in [0.2, 0.25) is 0 Å². The minimum atomic E-state index is 0.374. The van der Waals surface area contributed by atoms with Crippen molar-refractivity contribution in [3.8, 4) is 10.4 Å². The predicted molar refractivity (Wildman–Crippen MR) is 77.6 cm³/mol. The summed E-state index contributed by atoms with van der Waals surface area (Å²) in [5, 5.41) is 0. The highest BCUT2D eigenvalue weighted by atomic mass is 32.1. The number of hydrogen-bond acceptors (Lipinski definition) is 3. The Morgan fingerprint density at radius 1 is 1.17 bits per heavy atom. The molecule has 2 nitrogen and oxygen atoms in total. The van der Waals surface area contributed by atoms with Gasteiger partial charge in [-0.15, -0.1) is 11.3 Å². The molecule has 2 aromatic rings. The summed E-state index contributed by atoms with van der Waals surface area (Å²) in [4.78, 5) is 5.24. The fourth-order valence-corrected chi connectivity index (χ4v) is 3.50. The molecular weight excluding hydrogens is 240 g/mol. The van der Waals surface area contributed by atoms with E-state index in [0.29, 0.717) is 6.04 Å². The summed E-state index contributed by atoms with van der Waals surface area (Å²) in [5.41, 5.74) is 7.25. The van der Waals surface area contributed by atoms with Crippen molar-refractivity contribution in [2.75, 3.05) is 13.1 Å². The number of rotatable bonds is 3. The monoisotopic (exact) mass is 258 g/mol. The van der Waals surface area contributed by atoms with Crippen LogP contribution in [-0.4, -0.2) is 24.0 Å². The van der Waals surface area contributed by atoms with Gasteiger partial charge in [-0.1, -0.05) is 30.3 Å². The second-order valence-corrected chi connectivity index (χ2v) is 6.08. The van der Waals surface area contributed by atoms with E-state index >= 15 is 0 Å². The molecular formula is C15H18N2S. The molecule has 0 aliphatic carbocycles. The molecule has 1 aliphatic rings. The topological polar surface area (TPSA) is 29.3 Å². The molecule has 94 valence electrons. The maximum absolute atomic E-state index is 5.94. The molecule has 3 rings (SSSR count). The minimum Gasteiger partial charge on any atom is -0.326 e. The number of thiophene rings is 1. The van der Waals surface area contributed by atoms with Crippen molar-refractivity contribution < 1.29 is 0 Å². The van der Waals surface area contributed by atoms with E-state index < -0.39 is 0 Å². The first-order valence-corrected chi connectivity index (χ1v) is 7.25. The van der Waals surface area contributed by atoms with Crippen LogP contribution in [-0.2, 0) is 6.54 Å². The highest BCUT2D eigenvalue weighted by Gasteiger charge is 2.19. The fourth-order valence-electron chi connectivity index (χ4n) is 2.45. The molecule has 1 fully saturated rings. The van der Waals surface area contributed by atoms with Crippen molar-refractivity contribution in [1.29, 1.82) is 0 Å². The lowest BCUT2D eigenvalue weighted by atomic mass is 10.2. The van der Waals surface area contributed by atoms with Crippen molar-refractivity contribution in [2.24, 2.45) is 5.73 Å². The summed E-state index contributed by atoms with van der Waals surface area (Å²) in [6.45, 7) is 3.23. The van der Waals surface area contributed by atoms with Gasteiger partial charge >= 0.3 is 0 Å². The molecule has 1 aliphatic heterocycles. The summed E-state index contributed by atoms with van der Waals surface area (Å²) in [5.74, 6) is 0. The first-order valence-electron chi connectivity index (χ1n) is 6.43. The first-order chi connectivity index (χ1) is 8.81. The highest BCUT2D eigenvalue weighted by molar-refractivity contribution is 7.15. The van der Waals surface area contributed by atoms with Gasteiger partial charge in [-0.25, -0.2) is 0 Å². The average Bonchev–Trinajstić information content (AvgIpc) is 3.01. The SMILES string of the molecule is N[C@H]1CCN(Cc2ccc(-c3ccccc3)s2)C1. The van der Waals surface area contributed by atoms with E-state index in [-0.39, 0.29) is 0 Å². The van der Waals surface area contributed by atoms with E-state index in [1.807, 2.05) is 11.3 Å². The van der Waals surface area contributed by atoms with Gasteiger partial charge in [-0.05, 0) is 24.1 Å². The van der Waals surface area contributed by atoms with Crippen LogP contribution in [0.5, 0.6) is 0 Å². The number of likely N-dealkylation sites (tertiary alicyclic amines) is 1. The molecule has 0 saturated carbocycles. The molecule has 0 bridgehead atoms. The molecule has 1 aromatic carbocycles. The van der Waals surface area contributed by atoms with E-state index in [1.54, 1.807) is 0 Å². The summed E-state index contributed by atoms with van der Waals surface area (Å²) in [7, 11) is 0. The Hall–Kier alpha value is -1.16. The van der Waals surface area contributed by atoms with E-state index in [9.17, 15) is 0 Å². The number of hydrogen-bond donors (Lipinski definition) is 1. The molecule has 1 atom stereocenters. The van der Waals surface area contributed by atoms with Crippen LogP contribution >= 0.6 is 11.3 Å². The van der Waals surface area contributed by atoms with Gasteiger partial charge in [0.2, 0.25) is 0 Å². The smallest absolute Gasteiger partial charge is 0.0346 e. The van der Waals surface area contributed by atoms with E-state index in [1.165, 1.54) is 15.3 Å². The van der Waals surface area contributed by atoms with E-state index in [4.69, 9.17) is 5.73 Å². The van der Waals surface area contributed by atoms with Gasteiger partial charge in [-0.3, -0.25) is 4.90 Å². The van der Waals surface area contributed by atoms with Gasteiger partial charge in [0.25, 0.3) is 0 Å². The van der Waals surface area contributed by atoms with Gasteiger partial charge in [0.05, 0.1) is 0 Å². The van der Waals surface area contributed by atoms with Crippen LogP contribution in [0.15, 0.2) is 42.5 Å². The van der Waals surface area contributed by atoms with Crippen molar-refractivity contribution in [2.45, 2.75) is 19.0 Å². The zero-order valence-corrected chi connectivity index (χ0v) is 11.2. The zero-order valence-electron chi connectivity index (χ0n) is 10.4. The highest BCUT2D eigenvalue weighted by Crippen LogP contribution is 2.29. The minimum absolute atomic E-state index is 0.374. The second-order valence-electron chi connectivity index (χ2n) is 4.92. The van der Waals surface area contributed by atoms with Crippen LogP contribution in [0.4, 0.5) is 0 Å². The summed E-state index contributed by atoms with van der Waals surface area (Å²) >= 11 is 1.89. The Kier molecular flexibility index (Phi) is 3.46. The Morgan fingerprint density at radius 2 is 2.00 bits per heavy atom. The second kappa shape index (κ2) is 5.22. The molecule has 0 unspecified atom stereocenters. The Labute approximate surface area is 112 Å². The first kappa shape index (κ1) is 11.9. The maximum Gasteiger partial charge on any atom is 0.0346 e. The van der Waals surface area contributed by atoms with Crippen molar-refractivity contribution in [3.63, 3.8) is 0 Å². The lowest BCUT2D eigenvalue weighted by Crippen LogP contribution is -2.25. The fraction of sp³-hybridized carbons (Fsp3) is 0.333. The summed E-state index contributed by atoms with van der Waals surface area (Å²) in [6, 6.07) is 15.4. The normalized spacial score (nSPS) is 20.4. The van der Waals surface area contributed by atoms with E-state index in [2.05, 4.69) is 47.4 Å². The third-order valence-corrected chi connectivity index (χ3v) is 4.53. The molecule has 0 amide bonds. The lowest BCUT2D eigenvalue weighted by molar-refractivity contribution is 0.330. The van der Waals surface area contributed by atoms with Crippen LogP contribution in [0.3, 0.4) is 0 Å². The largest absolute Gasteiger partial charge is 0.326 e. The Bertz CT molecular complexity index is 506. The standard InChI is InChI=1S/C15H18N2S/c16-13-8-9-17(10-13)11-14-6-7-15(18-14)12-4-2-1-3-5-12/h1-7,13H,8-11,16H2/t13-/m0/s1. The zero-order chi connectivity index (χ0) is 12.4. The van der Waals surface area contributed by atoms with Crippen molar-refractivity contribution in [3.05, 3.63) is 47.3 Å². The average molecular weight is 258 g/mol. The molecule has 18 heavy (non-hydrogen) atoms. The molecule has 1 saturated heterocycles. The third-order valence-electron chi connectivity index (χ3n) is 3.41. The predicted octanol–water partition coefficient (Wildman–Crippen LogP) is 2.95. The van der Waals surface area contributed by atoms with Crippen LogP contribution in [0.25, 0.3) is 10.4 Å². The van der Waals surface area contributed by atoms with Crippen LogP contribution in [0.1, 0.15) is 11.3 Å². The molecule has 1 aromatic heterocycles. The van der Waals surface area contributed by atoms with Gasteiger partial charge < -0.3 is 5.73 Å². The van der Waals surface area contributed by atoms with Crippen LogP contribution < -0.4 is 5.73 Å².